The van der Waals surface area contributed by atoms with Gasteiger partial charge in [0.25, 0.3) is 0 Å². The number of anilines is 2. The predicted molar refractivity (Wildman–Crippen MR) is 78.8 cm³/mol. The van der Waals surface area contributed by atoms with Crippen LogP contribution in [0.5, 0.6) is 6.01 Å². The second-order valence-corrected chi connectivity index (χ2v) is 4.70. The zero-order valence-electron chi connectivity index (χ0n) is 12.4. The van der Waals surface area contributed by atoms with Gasteiger partial charge in [0.1, 0.15) is 0 Å². The number of nitrogens with zero attached hydrogens (tertiary/aromatic N) is 5. The molecule has 9 heteroatoms. The molecule has 0 aliphatic carbocycles. The zero-order valence-corrected chi connectivity index (χ0v) is 12.4. The molecule has 9 nitrogen and oxygen atoms in total. The Morgan fingerprint density at radius 2 is 2.05 bits per heavy atom. The molecule has 0 unspecified atom stereocenters. The van der Waals surface area contributed by atoms with Gasteiger partial charge in [-0.05, 0) is 19.9 Å². The summed E-state index contributed by atoms with van der Waals surface area (Å²) in [4.78, 5) is 12.3. The predicted octanol–water partition coefficient (Wildman–Crippen LogP) is 0.332. The SMILES string of the molecule is CC(C)Oc1nc(NN)nc(NCCc2ccnn2C)n1. The van der Waals surface area contributed by atoms with E-state index in [9.17, 15) is 0 Å². The molecule has 2 aromatic rings. The lowest BCUT2D eigenvalue weighted by molar-refractivity contribution is 0.222. The van der Waals surface area contributed by atoms with Crippen LogP contribution in [0.3, 0.4) is 0 Å². The molecule has 0 saturated carbocycles. The summed E-state index contributed by atoms with van der Waals surface area (Å²) in [7, 11) is 1.91. The van der Waals surface area contributed by atoms with Crippen LogP contribution in [0.25, 0.3) is 0 Å². The van der Waals surface area contributed by atoms with Crippen LogP contribution in [-0.2, 0) is 13.5 Å². The molecule has 0 bridgehead atoms. The summed E-state index contributed by atoms with van der Waals surface area (Å²) in [6.45, 7) is 4.46. The fraction of sp³-hybridized carbons (Fsp3) is 0.500. The van der Waals surface area contributed by atoms with E-state index >= 15 is 0 Å². The van der Waals surface area contributed by atoms with E-state index in [4.69, 9.17) is 10.6 Å². The number of hydrogen-bond donors (Lipinski definition) is 3. The second kappa shape index (κ2) is 6.84. The van der Waals surface area contributed by atoms with Gasteiger partial charge in [-0.25, -0.2) is 5.84 Å². The fourth-order valence-corrected chi connectivity index (χ4v) is 1.71. The zero-order chi connectivity index (χ0) is 15.2. The maximum Gasteiger partial charge on any atom is 0.323 e. The summed E-state index contributed by atoms with van der Waals surface area (Å²) in [5.41, 5.74) is 3.52. The third-order valence-electron chi connectivity index (χ3n) is 2.67. The third-order valence-corrected chi connectivity index (χ3v) is 2.67. The van der Waals surface area contributed by atoms with Crippen molar-refractivity contribution in [2.45, 2.75) is 26.4 Å². The van der Waals surface area contributed by atoms with Crippen molar-refractivity contribution in [1.82, 2.24) is 24.7 Å². The number of nitrogen functional groups attached to an aromatic ring is 1. The smallest absolute Gasteiger partial charge is 0.323 e. The Morgan fingerprint density at radius 1 is 1.29 bits per heavy atom. The van der Waals surface area contributed by atoms with E-state index in [-0.39, 0.29) is 18.1 Å². The van der Waals surface area contributed by atoms with Crippen molar-refractivity contribution in [3.8, 4) is 6.01 Å². The van der Waals surface area contributed by atoms with Gasteiger partial charge in [0.15, 0.2) is 0 Å². The summed E-state index contributed by atoms with van der Waals surface area (Å²) in [6, 6.07) is 2.20. The number of aromatic nitrogens is 5. The van der Waals surface area contributed by atoms with E-state index in [1.807, 2.05) is 31.6 Å². The van der Waals surface area contributed by atoms with Gasteiger partial charge < -0.3 is 10.1 Å². The third kappa shape index (κ3) is 4.28. The van der Waals surface area contributed by atoms with Crippen LogP contribution < -0.4 is 21.3 Å². The highest BCUT2D eigenvalue weighted by molar-refractivity contribution is 5.35. The quantitative estimate of drug-likeness (QED) is 0.494. The van der Waals surface area contributed by atoms with Gasteiger partial charge >= 0.3 is 6.01 Å². The minimum atomic E-state index is -0.0275. The van der Waals surface area contributed by atoms with E-state index in [1.54, 1.807) is 6.20 Å². The fourth-order valence-electron chi connectivity index (χ4n) is 1.71. The second-order valence-electron chi connectivity index (χ2n) is 4.70. The van der Waals surface area contributed by atoms with Crippen LogP contribution in [-0.4, -0.2) is 37.4 Å². The summed E-state index contributed by atoms with van der Waals surface area (Å²) in [6.07, 6.45) is 2.54. The Hall–Kier alpha value is -2.42. The van der Waals surface area contributed by atoms with Gasteiger partial charge in [-0.2, -0.15) is 20.1 Å². The highest BCUT2D eigenvalue weighted by atomic mass is 16.5. The molecule has 4 N–H and O–H groups in total. The highest BCUT2D eigenvalue weighted by Gasteiger charge is 2.08. The number of hydrazine groups is 1. The molecule has 0 aliphatic heterocycles. The Bertz CT molecular complexity index is 582. The monoisotopic (exact) mass is 292 g/mol. The van der Waals surface area contributed by atoms with Gasteiger partial charge in [-0.1, -0.05) is 0 Å². The molecule has 2 aromatic heterocycles. The Labute approximate surface area is 122 Å². The number of rotatable bonds is 7. The first-order chi connectivity index (χ1) is 10.1. The van der Waals surface area contributed by atoms with Gasteiger partial charge in [0, 0.05) is 31.9 Å². The maximum atomic E-state index is 5.46. The molecule has 0 aliphatic rings. The van der Waals surface area contributed by atoms with E-state index < -0.39 is 0 Å². The average Bonchev–Trinajstić information content (AvgIpc) is 2.83. The van der Waals surface area contributed by atoms with Crippen LogP contribution in [0.2, 0.25) is 0 Å². The topological polar surface area (TPSA) is 116 Å². The van der Waals surface area contributed by atoms with Crippen molar-refractivity contribution >= 4 is 11.9 Å². The lowest BCUT2D eigenvalue weighted by Crippen LogP contribution is -2.17. The first-order valence-electron chi connectivity index (χ1n) is 6.68. The molecule has 0 fully saturated rings. The molecule has 0 amide bonds. The van der Waals surface area contributed by atoms with Gasteiger partial charge in [0.05, 0.1) is 6.10 Å². The normalized spacial score (nSPS) is 10.7. The van der Waals surface area contributed by atoms with Crippen molar-refractivity contribution in [3.63, 3.8) is 0 Å². The van der Waals surface area contributed by atoms with E-state index in [1.165, 1.54) is 0 Å². The van der Waals surface area contributed by atoms with Crippen LogP contribution in [0.4, 0.5) is 11.9 Å². The van der Waals surface area contributed by atoms with Crippen LogP contribution in [0.15, 0.2) is 12.3 Å². The van der Waals surface area contributed by atoms with Gasteiger partial charge in [0.2, 0.25) is 11.9 Å². The molecule has 0 aromatic carbocycles. The van der Waals surface area contributed by atoms with Crippen molar-refractivity contribution in [2.75, 3.05) is 17.3 Å². The first kappa shape index (κ1) is 15.0. The molecular weight excluding hydrogens is 272 g/mol. The molecule has 0 saturated heterocycles. The average molecular weight is 292 g/mol. The van der Waals surface area contributed by atoms with E-state index in [0.29, 0.717) is 12.5 Å². The molecule has 0 radical (unpaired) electrons. The highest BCUT2D eigenvalue weighted by Crippen LogP contribution is 2.12. The number of ether oxygens (including phenoxy) is 1. The molecule has 0 spiro atoms. The number of nitrogens with one attached hydrogen (secondary N) is 2. The molecular formula is C12H20N8O. The van der Waals surface area contributed by atoms with Crippen LogP contribution >= 0.6 is 0 Å². The van der Waals surface area contributed by atoms with Crippen molar-refractivity contribution < 1.29 is 4.74 Å². The summed E-state index contributed by atoms with van der Waals surface area (Å²) in [5.74, 6) is 6.01. The Balaban J connectivity index is 2.00. The van der Waals surface area contributed by atoms with Gasteiger partial charge in [-0.3, -0.25) is 10.1 Å². The lowest BCUT2D eigenvalue weighted by atomic mass is 10.3. The standard InChI is InChI=1S/C12H20N8O/c1-8(2)21-12-17-10(16-11(18-12)19-13)14-6-4-9-5-7-15-20(9)3/h5,7-8H,4,6,13H2,1-3H3,(H2,14,16,17,18,19). The lowest BCUT2D eigenvalue weighted by Gasteiger charge is -2.11. The van der Waals surface area contributed by atoms with Crippen molar-refractivity contribution in [2.24, 2.45) is 12.9 Å². The largest absolute Gasteiger partial charge is 0.461 e. The van der Waals surface area contributed by atoms with Crippen molar-refractivity contribution in [1.29, 1.82) is 0 Å². The minimum Gasteiger partial charge on any atom is -0.461 e. The van der Waals surface area contributed by atoms with Crippen LogP contribution in [0, 0.1) is 0 Å². The number of nitrogens with two attached hydrogens (primary N) is 1. The summed E-state index contributed by atoms with van der Waals surface area (Å²) in [5, 5.41) is 7.24. The number of aryl methyl sites for hydroxylation is 1. The van der Waals surface area contributed by atoms with E-state index in [0.717, 1.165) is 12.1 Å². The van der Waals surface area contributed by atoms with E-state index in [2.05, 4.69) is 30.8 Å². The molecule has 21 heavy (non-hydrogen) atoms. The minimum absolute atomic E-state index is 0.0275. The number of hydrogen-bond acceptors (Lipinski definition) is 8. The summed E-state index contributed by atoms with van der Waals surface area (Å²) >= 11 is 0. The molecule has 2 heterocycles. The van der Waals surface area contributed by atoms with Gasteiger partial charge in [-0.15, -0.1) is 0 Å². The molecule has 114 valence electrons. The van der Waals surface area contributed by atoms with Crippen LogP contribution in [0.1, 0.15) is 19.5 Å². The Morgan fingerprint density at radius 3 is 2.67 bits per heavy atom. The maximum absolute atomic E-state index is 5.46. The Kier molecular flexibility index (Phi) is 4.88. The molecule has 0 atom stereocenters. The summed E-state index contributed by atoms with van der Waals surface area (Å²) < 4.78 is 7.29. The first-order valence-corrected chi connectivity index (χ1v) is 6.68. The molecule has 2 rings (SSSR count). The van der Waals surface area contributed by atoms with Crippen molar-refractivity contribution in [3.05, 3.63) is 18.0 Å².